The van der Waals surface area contributed by atoms with Crippen molar-refractivity contribution in [3.8, 4) is 11.5 Å². The number of allylic oxidation sites excluding steroid dienone is 1. The lowest BCUT2D eigenvalue weighted by Gasteiger charge is -2.32. The number of aromatic hydroxyl groups is 1. The van der Waals surface area contributed by atoms with Crippen molar-refractivity contribution in [2.45, 2.75) is 155 Å². The van der Waals surface area contributed by atoms with Crippen LogP contribution in [-0.2, 0) is 6.42 Å². The third-order valence-electron chi connectivity index (χ3n) is 4.44. The first-order chi connectivity index (χ1) is 18.4. The molecule has 1 aromatic rings. The van der Waals surface area contributed by atoms with Gasteiger partial charge in [0.05, 0.1) is 5.56 Å². The van der Waals surface area contributed by atoms with Gasteiger partial charge in [0, 0.05) is 0 Å². The fourth-order valence-corrected chi connectivity index (χ4v) is 3.03. The molecule has 0 saturated heterocycles. The average molecular weight is 541 g/mol. The Labute approximate surface area is 239 Å². The first-order valence-corrected chi connectivity index (χ1v) is 15.5. The maximum absolute atomic E-state index is 11.6. The summed E-state index contributed by atoms with van der Waals surface area (Å²) in [5.41, 5.74) is 0.600. The SMILES string of the molecule is C=CCCC1(C)C=Cc2c(cc(CCCCC)c(C(=O)O)c2O)O1.CC.CC.CC.CC.CC.CC.CC. The lowest BCUT2D eigenvalue weighted by atomic mass is 9.91. The van der Waals surface area contributed by atoms with Crippen molar-refractivity contribution in [2.24, 2.45) is 0 Å². The number of carbonyl (C=O) groups is 1. The van der Waals surface area contributed by atoms with Gasteiger partial charge in [-0.1, -0.05) is 123 Å². The van der Waals surface area contributed by atoms with Crippen molar-refractivity contribution in [1.29, 1.82) is 0 Å². The molecule has 1 heterocycles. The first kappa shape index (κ1) is 48.8. The smallest absolute Gasteiger partial charge is 0.339 e. The molecule has 38 heavy (non-hydrogen) atoms. The summed E-state index contributed by atoms with van der Waals surface area (Å²) in [7, 11) is 0. The molecule has 2 rings (SSSR count). The molecular weight excluding hydrogens is 472 g/mol. The lowest BCUT2D eigenvalue weighted by Crippen LogP contribution is -2.32. The third-order valence-corrected chi connectivity index (χ3v) is 4.44. The number of benzene rings is 1. The lowest BCUT2D eigenvalue weighted by molar-refractivity contribution is 0.0692. The van der Waals surface area contributed by atoms with Gasteiger partial charge in [-0.15, -0.1) is 6.58 Å². The van der Waals surface area contributed by atoms with Crippen LogP contribution < -0.4 is 4.74 Å². The van der Waals surface area contributed by atoms with Crippen LogP contribution in [0, 0.1) is 0 Å². The van der Waals surface area contributed by atoms with Crippen molar-refractivity contribution in [3.63, 3.8) is 0 Å². The van der Waals surface area contributed by atoms with E-state index >= 15 is 0 Å². The Morgan fingerprint density at radius 3 is 1.79 bits per heavy atom. The van der Waals surface area contributed by atoms with Crippen molar-refractivity contribution < 1.29 is 19.7 Å². The first-order valence-electron chi connectivity index (χ1n) is 15.5. The number of aromatic carboxylic acids is 1. The summed E-state index contributed by atoms with van der Waals surface area (Å²) in [6.45, 7) is 35.8. The fourth-order valence-electron chi connectivity index (χ4n) is 3.03. The second-order valence-corrected chi connectivity index (χ2v) is 6.51. The van der Waals surface area contributed by atoms with Crippen molar-refractivity contribution in [2.75, 3.05) is 0 Å². The summed E-state index contributed by atoms with van der Waals surface area (Å²) in [6, 6.07) is 1.78. The van der Waals surface area contributed by atoms with Crippen molar-refractivity contribution >= 4 is 12.0 Å². The maximum Gasteiger partial charge on any atom is 0.339 e. The van der Waals surface area contributed by atoms with Crippen molar-refractivity contribution in [3.05, 3.63) is 41.5 Å². The number of carboxylic acids is 1. The molecule has 0 aliphatic carbocycles. The van der Waals surface area contributed by atoms with Gasteiger partial charge >= 0.3 is 5.97 Å². The number of phenols is 1. The zero-order valence-electron chi connectivity index (χ0n) is 28.5. The maximum atomic E-state index is 11.6. The zero-order valence-corrected chi connectivity index (χ0v) is 28.5. The van der Waals surface area contributed by atoms with E-state index in [4.69, 9.17) is 4.74 Å². The molecule has 228 valence electrons. The second kappa shape index (κ2) is 36.9. The predicted octanol–water partition coefficient (Wildman–Crippen LogP) is 12.1. The number of hydrogen-bond donors (Lipinski definition) is 2. The summed E-state index contributed by atoms with van der Waals surface area (Å²) in [5, 5.41) is 19.9. The summed E-state index contributed by atoms with van der Waals surface area (Å²) in [4.78, 5) is 11.6. The van der Waals surface area contributed by atoms with Crippen LogP contribution in [0.5, 0.6) is 11.5 Å². The monoisotopic (exact) mass is 541 g/mol. The highest BCUT2D eigenvalue weighted by molar-refractivity contribution is 5.95. The Morgan fingerprint density at radius 1 is 0.921 bits per heavy atom. The van der Waals surface area contributed by atoms with Gasteiger partial charge in [-0.2, -0.15) is 0 Å². The predicted molar refractivity (Wildman–Crippen MR) is 175 cm³/mol. The van der Waals surface area contributed by atoms with E-state index in [0.29, 0.717) is 23.3 Å². The van der Waals surface area contributed by atoms with Gasteiger partial charge < -0.3 is 14.9 Å². The fraction of sp³-hybridized carbons (Fsp3) is 0.676. The number of ether oxygens (including phenoxy) is 1. The number of carboxylic acid groups (broad SMARTS) is 1. The minimum Gasteiger partial charge on any atom is -0.506 e. The number of hydrogen-bond acceptors (Lipinski definition) is 3. The van der Waals surface area contributed by atoms with E-state index in [2.05, 4.69) is 13.5 Å². The molecule has 4 heteroatoms. The molecule has 0 radical (unpaired) electrons. The van der Waals surface area contributed by atoms with E-state index in [0.717, 1.165) is 32.1 Å². The van der Waals surface area contributed by atoms with Gasteiger partial charge in [0.2, 0.25) is 0 Å². The van der Waals surface area contributed by atoms with Crippen LogP contribution in [0.2, 0.25) is 0 Å². The van der Waals surface area contributed by atoms with Crippen LogP contribution in [0.25, 0.3) is 6.08 Å². The molecule has 0 spiro atoms. The van der Waals surface area contributed by atoms with E-state index in [1.807, 2.05) is 116 Å². The van der Waals surface area contributed by atoms with E-state index in [9.17, 15) is 15.0 Å². The molecule has 0 aromatic heterocycles. The summed E-state index contributed by atoms with van der Waals surface area (Å²) < 4.78 is 6.10. The second-order valence-electron chi connectivity index (χ2n) is 6.51. The third kappa shape index (κ3) is 19.8. The molecule has 0 amide bonds. The van der Waals surface area contributed by atoms with Gasteiger partial charge in [0.1, 0.15) is 22.7 Å². The minimum absolute atomic E-state index is 0.00667. The summed E-state index contributed by atoms with van der Waals surface area (Å²) >= 11 is 0. The zero-order chi connectivity index (χ0) is 31.7. The molecule has 0 bridgehead atoms. The van der Waals surface area contributed by atoms with Gasteiger partial charge in [0.15, 0.2) is 0 Å². The number of aryl methyl sites for hydroxylation is 1. The molecule has 2 N–H and O–H groups in total. The van der Waals surface area contributed by atoms with Gasteiger partial charge in [-0.05, 0) is 56.4 Å². The van der Waals surface area contributed by atoms with Crippen LogP contribution in [-0.4, -0.2) is 21.8 Å². The largest absolute Gasteiger partial charge is 0.506 e. The van der Waals surface area contributed by atoms with Crippen molar-refractivity contribution in [1.82, 2.24) is 0 Å². The standard InChI is InChI=1S/C20H26O4.7C2H6/c1-4-6-8-9-14-13-16-15(18(21)17(14)19(22)23)10-12-20(3,24-16)11-7-5-2;7*1-2/h5,10,12-13,21H,2,4,6-9,11H2,1,3H3,(H,22,23);7*1-2H3. The van der Waals surface area contributed by atoms with E-state index in [-0.39, 0.29) is 11.3 Å². The Kier molecular flexibility index (Phi) is 47.4. The highest BCUT2D eigenvalue weighted by Crippen LogP contribution is 2.42. The van der Waals surface area contributed by atoms with Crippen LogP contribution in [0.15, 0.2) is 24.8 Å². The van der Waals surface area contributed by atoms with Crippen LogP contribution in [0.4, 0.5) is 0 Å². The molecule has 0 fully saturated rings. The van der Waals surface area contributed by atoms with Crippen LogP contribution in [0.3, 0.4) is 0 Å². The molecule has 1 atom stereocenters. The van der Waals surface area contributed by atoms with E-state index in [1.54, 1.807) is 12.1 Å². The molecule has 0 saturated carbocycles. The highest BCUT2D eigenvalue weighted by atomic mass is 16.5. The van der Waals surface area contributed by atoms with E-state index in [1.165, 1.54) is 0 Å². The minimum atomic E-state index is -1.10. The number of fused-ring (bicyclic) bond motifs is 1. The summed E-state index contributed by atoms with van der Waals surface area (Å²) in [6.07, 6.45) is 10.7. The quantitative estimate of drug-likeness (QED) is 0.254. The van der Waals surface area contributed by atoms with Gasteiger partial charge in [-0.25, -0.2) is 4.79 Å². The summed E-state index contributed by atoms with van der Waals surface area (Å²) in [5.74, 6) is -0.748. The topological polar surface area (TPSA) is 66.8 Å². The Hall–Kier alpha value is -2.23. The van der Waals surface area contributed by atoms with Crippen LogP contribution in [0.1, 0.15) is 164 Å². The molecule has 1 aliphatic rings. The molecule has 1 aromatic carbocycles. The van der Waals surface area contributed by atoms with Gasteiger partial charge in [0.25, 0.3) is 0 Å². The van der Waals surface area contributed by atoms with E-state index < -0.39 is 11.6 Å². The number of rotatable bonds is 8. The molecule has 4 nitrogen and oxygen atoms in total. The highest BCUT2D eigenvalue weighted by Gasteiger charge is 2.30. The molecular formula is C34H68O4. The normalized spacial score (nSPS) is 12.9. The molecule has 1 aliphatic heterocycles. The number of unbranched alkanes of at least 4 members (excludes halogenated alkanes) is 2. The van der Waals surface area contributed by atoms with Gasteiger partial charge in [-0.3, -0.25) is 0 Å². The Morgan fingerprint density at radius 2 is 1.39 bits per heavy atom. The Bertz CT molecular complexity index is 663. The molecule has 1 unspecified atom stereocenters. The average Bonchev–Trinajstić information content (AvgIpc) is 2.99. The Balaban J connectivity index is -0.000000158. The van der Waals surface area contributed by atoms with Crippen LogP contribution >= 0.6 is 0 Å².